The summed E-state index contributed by atoms with van der Waals surface area (Å²) in [6, 6.07) is 0.185. The molecule has 1 aromatic rings. The fraction of sp³-hybridized carbons (Fsp3) is 0.700. The average Bonchev–Trinajstić information content (AvgIpc) is 2.42. The molecule has 1 aromatic heterocycles. The van der Waals surface area contributed by atoms with E-state index in [1.165, 1.54) is 0 Å². The predicted octanol–water partition coefficient (Wildman–Crippen LogP) is 1.87. The number of sulfone groups is 1. The maximum atomic E-state index is 11.8. The van der Waals surface area contributed by atoms with Crippen molar-refractivity contribution in [1.82, 2.24) is 9.78 Å². The molecule has 0 aliphatic rings. The van der Waals surface area contributed by atoms with Crippen molar-refractivity contribution in [3.05, 3.63) is 11.4 Å². The van der Waals surface area contributed by atoms with E-state index in [9.17, 15) is 8.42 Å². The summed E-state index contributed by atoms with van der Waals surface area (Å²) < 4.78 is 25.4. The van der Waals surface area contributed by atoms with Gasteiger partial charge in [0.2, 0.25) is 0 Å². The van der Waals surface area contributed by atoms with Crippen LogP contribution in [-0.2, 0) is 9.84 Å². The van der Waals surface area contributed by atoms with E-state index in [1.54, 1.807) is 18.5 Å². The Bertz CT molecular complexity index is 458. The number of rotatable bonds is 3. The molecule has 5 heteroatoms. The molecule has 0 unspecified atom stereocenters. The molecule has 15 heavy (non-hydrogen) atoms. The molecule has 0 spiro atoms. The molecule has 1 heterocycles. The highest BCUT2D eigenvalue weighted by molar-refractivity contribution is 7.91. The van der Waals surface area contributed by atoms with Crippen molar-refractivity contribution in [1.29, 1.82) is 0 Å². The van der Waals surface area contributed by atoms with E-state index in [0.29, 0.717) is 10.6 Å². The highest BCUT2D eigenvalue weighted by Gasteiger charge is 2.23. The van der Waals surface area contributed by atoms with Crippen LogP contribution in [0.15, 0.2) is 4.90 Å². The SMILES string of the molecule is CCS(=O)(=O)c1c(C)nn(C(C)C)c1C. The molecule has 1 rings (SSSR count). The molecular formula is C10H18N2O2S. The Labute approximate surface area is 91.2 Å². The van der Waals surface area contributed by atoms with Gasteiger partial charge < -0.3 is 0 Å². The zero-order chi connectivity index (χ0) is 11.8. The molecule has 0 aromatic carbocycles. The quantitative estimate of drug-likeness (QED) is 0.796. The van der Waals surface area contributed by atoms with Crippen LogP contribution >= 0.6 is 0 Å². The number of hydrogen-bond donors (Lipinski definition) is 0. The fourth-order valence-electron chi connectivity index (χ4n) is 1.75. The first-order valence-corrected chi connectivity index (χ1v) is 6.75. The summed E-state index contributed by atoms with van der Waals surface area (Å²) in [5.74, 6) is 0.123. The van der Waals surface area contributed by atoms with Crippen LogP contribution in [-0.4, -0.2) is 24.0 Å². The maximum absolute atomic E-state index is 11.8. The normalized spacial score (nSPS) is 12.4. The maximum Gasteiger partial charge on any atom is 0.181 e. The molecule has 0 bridgehead atoms. The molecule has 86 valence electrons. The van der Waals surface area contributed by atoms with Crippen molar-refractivity contribution in [2.75, 3.05) is 5.75 Å². The van der Waals surface area contributed by atoms with Crippen LogP contribution in [0.5, 0.6) is 0 Å². The Morgan fingerprint density at radius 3 is 2.20 bits per heavy atom. The summed E-state index contributed by atoms with van der Waals surface area (Å²) in [6.07, 6.45) is 0. The Morgan fingerprint density at radius 1 is 1.33 bits per heavy atom. The molecular weight excluding hydrogens is 212 g/mol. The largest absolute Gasteiger partial charge is 0.266 e. The second-order valence-corrected chi connectivity index (χ2v) is 6.16. The van der Waals surface area contributed by atoms with Gasteiger partial charge in [-0.2, -0.15) is 5.10 Å². The van der Waals surface area contributed by atoms with E-state index in [1.807, 2.05) is 20.8 Å². The molecule has 0 atom stereocenters. The van der Waals surface area contributed by atoms with Crippen molar-refractivity contribution in [2.24, 2.45) is 0 Å². The van der Waals surface area contributed by atoms with Gasteiger partial charge in [-0.3, -0.25) is 4.68 Å². The summed E-state index contributed by atoms with van der Waals surface area (Å²) >= 11 is 0. The van der Waals surface area contributed by atoms with Gasteiger partial charge in [0, 0.05) is 6.04 Å². The Morgan fingerprint density at radius 2 is 1.87 bits per heavy atom. The van der Waals surface area contributed by atoms with Crippen LogP contribution < -0.4 is 0 Å². The first-order valence-electron chi connectivity index (χ1n) is 5.09. The molecule has 0 saturated heterocycles. The summed E-state index contributed by atoms with van der Waals surface area (Å²) in [4.78, 5) is 0.402. The highest BCUT2D eigenvalue weighted by atomic mass is 32.2. The van der Waals surface area contributed by atoms with Gasteiger partial charge in [0.1, 0.15) is 4.90 Å². The average molecular weight is 230 g/mol. The number of aryl methyl sites for hydroxylation is 1. The van der Waals surface area contributed by atoms with Crippen LogP contribution in [0.4, 0.5) is 0 Å². The van der Waals surface area contributed by atoms with Crippen molar-refractivity contribution >= 4 is 9.84 Å². The summed E-state index contributed by atoms with van der Waals surface area (Å²) in [5.41, 5.74) is 1.34. The minimum atomic E-state index is -3.16. The Balaban J connectivity index is 3.45. The predicted molar refractivity (Wildman–Crippen MR) is 59.8 cm³/mol. The van der Waals surface area contributed by atoms with Crippen molar-refractivity contribution in [3.63, 3.8) is 0 Å². The van der Waals surface area contributed by atoms with Crippen LogP contribution in [0.2, 0.25) is 0 Å². The third kappa shape index (κ3) is 2.07. The molecule has 0 amide bonds. The second kappa shape index (κ2) is 3.96. The topological polar surface area (TPSA) is 52.0 Å². The zero-order valence-electron chi connectivity index (χ0n) is 9.90. The van der Waals surface area contributed by atoms with Crippen molar-refractivity contribution in [2.45, 2.75) is 45.6 Å². The number of nitrogens with zero attached hydrogens (tertiary/aromatic N) is 2. The third-order valence-electron chi connectivity index (χ3n) is 2.44. The highest BCUT2D eigenvalue weighted by Crippen LogP contribution is 2.22. The van der Waals surface area contributed by atoms with E-state index in [0.717, 1.165) is 5.69 Å². The van der Waals surface area contributed by atoms with Crippen molar-refractivity contribution in [3.8, 4) is 0 Å². The lowest BCUT2D eigenvalue weighted by atomic mass is 10.3. The first-order chi connectivity index (χ1) is 6.81. The zero-order valence-corrected chi connectivity index (χ0v) is 10.7. The summed E-state index contributed by atoms with van der Waals surface area (Å²) in [5, 5.41) is 4.26. The van der Waals surface area contributed by atoms with Gasteiger partial charge in [-0.25, -0.2) is 8.42 Å². The molecule has 0 fully saturated rings. The van der Waals surface area contributed by atoms with Gasteiger partial charge in [-0.1, -0.05) is 6.92 Å². The van der Waals surface area contributed by atoms with E-state index < -0.39 is 9.84 Å². The van der Waals surface area contributed by atoms with E-state index in [4.69, 9.17) is 0 Å². The molecule has 0 N–H and O–H groups in total. The Kier molecular flexibility index (Phi) is 3.23. The molecule has 0 saturated carbocycles. The van der Waals surface area contributed by atoms with Crippen LogP contribution in [0.1, 0.15) is 38.2 Å². The first kappa shape index (κ1) is 12.2. The van der Waals surface area contributed by atoms with Crippen LogP contribution in [0.25, 0.3) is 0 Å². The lowest BCUT2D eigenvalue weighted by Crippen LogP contribution is -2.08. The number of hydrogen-bond acceptors (Lipinski definition) is 3. The monoisotopic (exact) mass is 230 g/mol. The second-order valence-electron chi connectivity index (χ2n) is 3.94. The van der Waals surface area contributed by atoms with Crippen LogP contribution in [0.3, 0.4) is 0 Å². The lowest BCUT2D eigenvalue weighted by molar-refractivity contribution is 0.514. The summed E-state index contributed by atoms with van der Waals surface area (Å²) in [7, 11) is -3.16. The lowest BCUT2D eigenvalue weighted by Gasteiger charge is -2.08. The standard InChI is InChI=1S/C10H18N2O2S/c1-6-15(13,14)10-8(4)11-12(7(2)3)9(10)5/h7H,6H2,1-5H3. The van der Waals surface area contributed by atoms with Gasteiger partial charge in [-0.05, 0) is 27.7 Å². The molecule has 0 aliphatic heterocycles. The molecule has 4 nitrogen and oxygen atoms in total. The minimum absolute atomic E-state index is 0.123. The van der Waals surface area contributed by atoms with Gasteiger partial charge in [0.15, 0.2) is 9.84 Å². The Hall–Kier alpha value is -0.840. The molecule has 0 radical (unpaired) electrons. The van der Waals surface area contributed by atoms with E-state index >= 15 is 0 Å². The van der Waals surface area contributed by atoms with Gasteiger partial charge in [0.25, 0.3) is 0 Å². The van der Waals surface area contributed by atoms with E-state index in [2.05, 4.69) is 5.10 Å². The van der Waals surface area contributed by atoms with Gasteiger partial charge in [-0.15, -0.1) is 0 Å². The number of aromatic nitrogens is 2. The van der Waals surface area contributed by atoms with Gasteiger partial charge >= 0.3 is 0 Å². The van der Waals surface area contributed by atoms with Gasteiger partial charge in [0.05, 0.1) is 17.1 Å². The van der Waals surface area contributed by atoms with Crippen LogP contribution in [0, 0.1) is 13.8 Å². The molecule has 0 aliphatic carbocycles. The van der Waals surface area contributed by atoms with E-state index in [-0.39, 0.29) is 11.8 Å². The fourth-order valence-corrected chi connectivity index (χ4v) is 3.07. The smallest absolute Gasteiger partial charge is 0.181 e. The third-order valence-corrected chi connectivity index (χ3v) is 4.41. The van der Waals surface area contributed by atoms with Crippen molar-refractivity contribution < 1.29 is 8.42 Å². The summed E-state index contributed by atoms with van der Waals surface area (Å²) in [6.45, 7) is 9.18. The minimum Gasteiger partial charge on any atom is -0.266 e.